The molecule has 0 spiro atoms. The van der Waals surface area contributed by atoms with Crippen molar-refractivity contribution in [3.63, 3.8) is 0 Å². The predicted molar refractivity (Wildman–Crippen MR) is 128 cm³/mol. The van der Waals surface area contributed by atoms with Gasteiger partial charge in [-0.1, -0.05) is 28.8 Å². The van der Waals surface area contributed by atoms with E-state index in [2.05, 4.69) is 10.3 Å². The van der Waals surface area contributed by atoms with Crippen molar-refractivity contribution in [3.05, 3.63) is 88.1 Å². The molecule has 7 nitrogen and oxygen atoms in total. The lowest BCUT2D eigenvalue weighted by Gasteiger charge is -2.19. The van der Waals surface area contributed by atoms with Crippen LogP contribution in [0.4, 0.5) is 4.39 Å². The van der Waals surface area contributed by atoms with Crippen molar-refractivity contribution in [1.82, 2.24) is 10.3 Å². The van der Waals surface area contributed by atoms with Crippen LogP contribution in [0.3, 0.4) is 0 Å². The number of benzene rings is 2. The van der Waals surface area contributed by atoms with Crippen molar-refractivity contribution in [2.24, 2.45) is 0 Å². The first-order valence-corrected chi connectivity index (χ1v) is 12.4. The van der Waals surface area contributed by atoms with Gasteiger partial charge in [-0.3, -0.25) is 14.6 Å². The van der Waals surface area contributed by atoms with Gasteiger partial charge in [-0.05, 0) is 43.7 Å². The molecule has 0 bridgehead atoms. The fourth-order valence-corrected chi connectivity index (χ4v) is 6.47. The second-order valence-corrected chi connectivity index (χ2v) is 10.8. The number of hydrogen-bond acceptors (Lipinski definition) is 4. The van der Waals surface area contributed by atoms with Crippen molar-refractivity contribution < 1.29 is 28.2 Å². The van der Waals surface area contributed by atoms with Crippen LogP contribution in [0.1, 0.15) is 27.2 Å². The van der Waals surface area contributed by atoms with E-state index in [1.165, 1.54) is 31.6 Å². The van der Waals surface area contributed by atoms with E-state index in [0.717, 1.165) is 21.4 Å². The van der Waals surface area contributed by atoms with Gasteiger partial charge in [0.15, 0.2) is 5.82 Å². The summed E-state index contributed by atoms with van der Waals surface area (Å²) >= 11 is 6.05. The number of amides is 1. The molecule has 1 amide bonds. The van der Waals surface area contributed by atoms with E-state index in [9.17, 15) is 14.6 Å². The Kier molecular flexibility index (Phi) is 6.49. The van der Waals surface area contributed by atoms with Gasteiger partial charge >= 0.3 is 0 Å². The molecule has 1 atom stereocenters. The Labute approximate surface area is 200 Å². The summed E-state index contributed by atoms with van der Waals surface area (Å²) in [5, 5.41) is 12.2. The highest BCUT2D eigenvalue weighted by Crippen LogP contribution is 2.48. The van der Waals surface area contributed by atoms with Crippen LogP contribution in [-0.2, 0) is 15.6 Å². The highest BCUT2D eigenvalue weighted by molar-refractivity contribution is 7.75. The molecule has 4 rings (SSSR count). The number of carbonyl (C=O) groups is 1. The molecule has 0 aliphatic carbocycles. The van der Waals surface area contributed by atoms with Gasteiger partial charge in [0.2, 0.25) is 12.4 Å². The molecule has 0 saturated carbocycles. The summed E-state index contributed by atoms with van der Waals surface area (Å²) in [6, 6.07) is 11.5. The van der Waals surface area contributed by atoms with E-state index >= 15 is 4.39 Å². The Morgan fingerprint density at radius 3 is 2.44 bits per heavy atom. The normalized spacial score (nSPS) is 13.1. The number of hydrogen-bond donors (Lipinski definition) is 3. The minimum atomic E-state index is -3.92. The van der Waals surface area contributed by atoms with E-state index in [4.69, 9.17) is 16.1 Å². The quantitative estimate of drug-likeness (QED) is 0.212. The van der Waals surface area contributed by atoms with Crippen LogP contribution in [-0.4, -0.2) is 23.2 Å². The summed E-state index contributed by atoms with van der Waals surface area (Å²) in [5.41, 5.74) is 2.61. The summed E-state index contributed by atoms with van der Waals surface area (Å²) in [5.74, 6) is -1.38. The SMILES string of the molecule is COP(=O)(c1cc(C)cc(C)c1)c1c(C(=O)NCc2cc[n+](O)cc2)[nH]c2ccc(Cl)c(F)c12. The second-order valence-electron chi connectivity index (χ2n) is 7.98. The zero-order valence-electron chi connectivity index (χ0n) is 18.7. The van der Waals surface area contributed by atoms with Crippen LogP contribution in [0, 0.1) is 19.7 Å². The molecule has 10 heteroatoms. The third-order valence-corrected chi connectivity index (χ3v) is 8.27. The number of carbonyl (C=O) groups excluding carboxylic acids is 1. The van der Waals surface area contributed by atoms with Gasteiger partial charge in [-0.25, -0.2) is 4.39 Å². The van der Waals surface area contributed by atoms with Gasteiger partial charge < -0.3 is 14.8 Å². The lowest BCUT2D eigenvalue weighted by Crippen LogP contribution is -2.31. The number of nitrogens with zero attached hydrogens (tertiary/aromatic N) is 1. The molecule has 2 aromatic carbocycles. The Morgan fingerprint density at radius 2 is 1.82 bits per heavy atom. The Morgan fingerprint density at radius 1 is 1.18 bits per heavy atom. The third-order valence-electron chi connectivity index (χ3n) is 5.49. The van der Waals surface area contributed by atoms with Crippen LogP contribution >= 0.6 is 19.0 Å². The predicted octanol–water partition coefficient (Wildman–Crippen LogP) is 3.91. The molecule has 2 aromatic heterocycles. The molecule has 3 N–H and O–H groups in total. The number of nitrogens with one attached hydrogen (secondary N) is 2. The average molecular weight is 503 g/mol. The molecule has 34 heavy (non-hydrogen) atoms. The molecule has 2 heterocycles. The number of aryl methyl sites for hydroxylation is 2. The Balaban J connectivity index is 1.89. The van der Waals surface area contributed by atoms with E-state index in [-0.39, 0.29) is 33.5 Å². The highest BCUT2D eigenvalue weighted by Gasteiger charge is 2.37. The molecule has 0 saturated heterocycles. The van der Waals surface area contributed by atoms with E-state index in [1.54, 1.807) is 24.3 Å². The number of fused-ring (bicyclic) bond motifs is 1. The molecule has 0 aliphatic rings. The summed E-state index contributed by atoms with van der Waals surface area (Å²) in [7, 11) is -2.65. The van der Waals surface area contributed by atoms with E-state index in [1.807, 2.05) is 19.9 Å². The number of aromatic amines is 1. The second kappa shape index (κ2) is 9.22. The van der Waals surface area contributed by atoms with Crippen LogP contribution < -0.4 is 20.7 Å². The first-order valence-electron chi connectivity index (χ1n) is 10.4. The Hall–Kier alpha value is -3.19. The summed E-state index contributed by atoms with van der Waals surface area (Å²) < 4.78 is 36.1. The fraction of sp³-hybridized carbons (Fsp3) is 0.167. The third kappa shape index (κ3) is 4.32. The zero-order valence-corrected chi connectivity index (χ0v) is 20.4. The molecule has 0 radical (unpaired) electrons. The number of halogens is 2. The number of pyridine rings is 1. The molecule has 0 fully saturated rings. The van der Waals surface area contributed by atoms with Crippen LogP contribution in [0.5, 0.6) is 0 Å². The van der Waals surface area contributed by atoms with Crippen LogP contribution in [0.15, 0.2) is 54.9 Å². The van der Waals surface area contributed by atoms with Crippen molar-refractivity contribution in [3.8, 4) is 0 Å². The van der Waals surface area contributed by atoms with Gasteiger partial charge in [0, 0.05) is 41.3 Å². The summed E-state index contributed by atoms with van der Waals surface area (Å²) in [4.78, 5) is 16.2. The smallest absolute Gasteiger partial charge is 0.268 e. The van der Waals surface area contributed by atoms with Gasteiger partial charge in [0.25, 0.3) is 13.3 Å². The van der Waals surface area contributed by atoms with Crippen LogP contribution in [0.25, 0.3) is 10.9 Å². The molecular formula is C24H23ClFN3O4P+. The molecule has 4 aromatic rings. The van der Waals surface area contributed by atoms with Crippen molar-refractivity contribution in [2.75, 3.05) is 7.11 Å². The number of aromatic nitrogens is 2. The first-order chi connectivity index (χ1) is 16.1. The van der Waals surface area contributed by atoms with Crippen molar-refractivity contribution >= 4 is 46.4 Å². The van der Waals surface area contributed by atoms with E-state index in [0.29, 0.717) is 5.30 Å². The molecule has 0 aliphatic heterocycles. The monoisotopic (exact) mass is 502 g/mol. The average Bonchev–Trinajstić information content (AvgIpc) is 3.21. The van der Waals surface area contributed by atoms with Crippen molar-refractivity contribution in [1.29, 1.82) is 0 Å². The topological polar surface area (TPSA) is 95.3 Å². The lowest BCUT2D eigenvalue weighted by atomic mass is 10.2. The summed E-state index contributed by atoms with van der Waals surface area (Å²) in [6.07, 6.45) is 2.85. The Bertz CT molecular complexity index is 1430. The maximum absolute atomic E-state index is 15.3. The standard InChI is InChI=1S/C24H22ClFN3O4P/c1-14-10-15(2)12-17(11-14)34(32,33-3)23-20-19(5-4-18(25)21(20)26)28-22(23)24(30)27-13-16-6-8-29(31)9-7-16/h4-12H,13H2,1-3H3,(H2-,27,28,30,31,32)/p+1. The van der Waals surface area contributed by atoms with Gasteiger partial charge in [0.05, 0.1) is 15.7 Å². The van der Waals surface area contributed by atoms with Gasteiger partial charge in [0.1, 0.15) is 5.69 Å². The largest absolute Gasteiger partial charge is 0.350 e. The number of H-pyrrole nitrogens is 1. The van der Waals surface area contributed by atoms with Gasteiger partial charge in [-0.15, -0.1) is 0 Å². The first kappa shape index (κ1) is 24.0. The maximum Gasteiger partial charge on any atom is 0.268 e. The summed E-state index contributed by atoms with van der Waals surface area (Å²) in [6.45, 7) is 3.83. The lowest BCUT2D eigenvalue weighted by molar-refractivity contribution is -0.904. The maximum atomic E-state index is 15.3. The zero-order chi connectivity index (χ0) is 24.6. The molecule has 176 valence electrons. The highest BCUT2D eigenvalue weighted by atomic mass is 35.5. The van der Waals surface area contributed by atoms with Crippen molar-refractivity contribution in [2.45, 2.75) is 20.4 Å². The minimum Gasteiger partial charge on any atom is -0.350 e. The minimum absolute atomic E-state index is 0.0528. The molecular weight excluding hydrogens is 480 g/mol. The fourth-order valence-electron chi connectivity index (χ4n) is 3.95. The molecule has 1 unspecified atom stereocenters. The van der Waals surface area contributed by atoms with Crippen LogP contribution in [0.2, 0.25) is 5.02 Å². The van der Waals surface area contributed by atoms with Gasteiger partial charge in [-0.2, -0.15) is 0 Å². The van der Waals surface area contributed by atoms with E-state index < -0.39 is 19.1 Å². The number of rotatable bonds is 6.